The van der Waals surface area contributed by atoms with Crippen LogP contribution in [0.25, 0.3) is 11.3 Å². The molecule has 0 radical (unpaired) electrons. The van der Waals surface area contributed by atoms with Crippen molar-refractivity contribution in [3.8, 4) is 22.8 Å². The van der Waals surface area contributed by atoms with E-state index in [1.165, 1.54) is 37.4 Å². The van der Waals surface area contributed by atoms with Crippen molar-refractivity contribution in [1.82, 2.24) is 14.5 Å². The molecule has 2 aromatic carbocycles. The second-order valence-corrected chi connectivity index (χ2v) is 8.16. The number of aryl methyl sites for hydroxylation is 2. The van der Waals surface area contributed by atoms with Crippen molar-refractivity contribution < 1.29 is 17.5 Å². The van der Waals surface area contributed by atoms with Crippen molar-refractivity contribution in [1.29, 1.82) is 0 Å². The topological polar surface area (TPSA) is 73.2 Å². The molecule has 0 fully saturated rings. The van der Waals surface area contributed by atoms with Gasteiger partial charge in [-0.05, 0) is 68.4 Å². The molecule has 6 nitrogen and oxygen atoms in total. The van der Waals surface area contributed by atoms with E-state index in [1.54, 1.807) is 12.1 Å². The minimum atomic E-state index is -3.61. The molecule has 0 saturated heterocycles. The average Bonchev–Trinajstić information content (AvgIpc) is 3.26. The molecule has 0 unspecified atom stereocenters. The van der Waals surface area contributed by atoms with Crippen molar-refractivity contribution in [2.45, 2.75) is 24.3 Å². The monoisotopic (exact) mass is 387 g/mol. The molecule has 0 aliphatic carbocycles. The second-order valence-electron chi connectivity index (χ2n) is 6.27. The first-order valence-corrected chi connectivity index (χ1v) is 10.0. The van der Waals surface area contributed by atoms with Gasteiger partial charge in [-0.2, -0.15) is 5.10 Å². The Bertz CT molecular complexity index is 1070. The number of ether oxygens (including phenoxy) is 1. The molecule has 4 rings (SSSR count). The number of halogens is 1. The first kappa shape index (κ1) is 17.7. The fraction of sp³-hybridized carbons (Fsp3) is 0.211. The van der Waals surface area contributed by atoms with E-state index in [-0.39, 0.29) is 10.7 Å². The van der Waals surface area contributed by atoms with Crippen LogP contribution in [-0.2, 0) is 23.0 Å². The maximum absolute atomic E-state index is 13.1. The van der Waals surface area contributed by atoms with Crippen LogP contribution in [0.4, 0.5) is 4.39 Å². The predicted octanol–water partition coefficient (Wildman–Crippen LogP) is 3.34. The smallest absolute Gasteiger partial charge is 0.240 e. The highest BCUT2D eigenvalue weighted by atomic mass is 32.2. The Labute approximate surface area is 156 Å². The van der Waals surface area contributed by atoms with Crippen molar-refractivity contribution in [3.63, 3.8) is 0 Å². The fourth-order valence-corrected chi connectivity index (χ4v) is 3.86. The van der Waals surface area contributed by atoms with Gasteiger partial charge in [0.2, 0.25) is 10.0 Å². The minimum absolute atomic E-state index is 0.125. The fourth-order valence-electron chi connectivity index (χ4n) is 3.10. The molecule has 1 aromatic heterocycles. The molecule has 1 N–H and O–H groups in total. The van der Waals surface area contributed by atoms with Crippen molar-refractivity contribution in [2.24, 2.45) is 0 Å². The number of rotatable bonds is 5. The van der Waals surface area contributed by atoms with E-state index in [0.717, 1.165) is 25.1 Å². The van der Waals surface area contributed by atoms with Gasteiger partial charge >= 0.3 is 0 Å². The standard InChI is InChI=1S/C19H18FN3O3S/c1-21-27(24,25)16-8-9-19(26-15-6-4-13(20)5-7-15)17(12-16)18-11-14-3-2-10-23(14)22-18/h4-9,11-12,21H,2-3,10H2,1H3. The molecule has 0 saturated carbocycles. The zero-order valence-corrected chi connectivity index (χ0v) is 15.5. The summed E-state index contributed by atoms with van der Waals surface area (Å²) in [5, 5.41) is 4.59. The van der Waals surface area contributed by atoms with E-state index < -0.39 is 10.0 Å². The minimum Gasteiger partial charge on any atom is -0.457 e. The molecule has 1 aliphatic heterocycles. The van der Waals surface area contributed by atoms with Crippen LogP contribution in [0.15, 0.2) is 53.4 Å². The number of benzene rings is 2. The zero-order valence-electron chi connectivity index (χ0n) is 14.6. The van der Waals surface area contributed by atoms with Crippen molar-refractivity contribution in [2.75, 3.05) is 7.05 Å². The van der Waals surface area contributed by atoms with Gasteiger partial charge in [-0.25, -0.2) is 17.5 Å². The molecule has 0 spiro atoms. The number of fused-ring (bicyclic) bond motifs is 1. The average molecular weight is 387 g/mol. The lowest BCUT2D eigenvalue weighted by Gasteiger charge is -2.12. The van der Waals surface area contributed by atoms with Crippen LogP contribution in [0.3, 0.4) is 0 Å². The third-order valence-corrected chi connectivity index (χ3v) is 5.93. The maximum atomic E-state index is 13.1. The summed E-state index contributed by atoms with van der Waals surface area (Å²) in [6.07, 6.45) is 1.99. The Morgan fingerprint density at radius 3 is 2.63 bits per heavy atom. The van der Waals surface area contributed by atoms with Gasteiger partial charge in [-0.3, -0.25) is 4.68 Å². The van der Waals surface area contributed by atoms with Crippen LogP contribution in [-0.4, -0.2) is 25.2 Å². The highest BCUT2D eigenvalue weighted by Gasteiger charge is 2.20. The van der Waals surface area contributed by atoms with Gasteiger partial charge in [0.05, 0.1) is 10.6 Å². The summed E-state index contributed by atoms with van der Waals surface area (Å²) in [5.41, 5.74) is 2.33. The molecule has 0 atom stereocenters. The Kier molecular flexibility index (Phi) is 4.45. The van der Waals surface area contributed by atoms with E-state index in [0.29, 0.717) is 22.8 Å². The summed E-state index contributed by atoms with van der Waals surface area (Å²) in [7, 11) is -2.24. The number of hydrogen-bond donors (Lipinski definition) is 1. The summed E-state index contributed by atoms with van der Waals surface area (Å²) < 4.78 is 47.7. The summed E-state index contributed by atoms with van der Waals surface area (Å²) in [6.45, 7) is 0.845. The van der Waals surface area contributed by atoms with Crippen LogP contribution in [0.2, 0.25) is 0 Å². The second kappa shape index (κ2) is 6.79. The lowest BCUT2D eigenvalue weighted by molar-refractivity contribution is 0.481. The molecule has 0 bridgehead atoms. The summed E-state index contributed by atoms with van der Waals surface area (Å²) >= 11 is 0. The third kappa shape index (κ3) is 3.45. The molecular weight excluding hydrogens is 369 g/mol. The van der Waals surface area contributed by atoms with Gasteiger partial charge in [0, 0.05) is 17.8 Å². The zero-order chi connectivity index (χ0) is 19.0. The molecule has 8 heteroatoms. The molecule has 1 aliphatic rings. The quantitative estimate of drug-likeness (QED) is 0.729. The SMILES string of the molecule is CNS(=O)(=O)c1ccc(Oc2ccc(F)cc2)c(-c2cc3n(n2)CCC3)c1. The largest absolute Gasteiger partial charge is 0.457 e. The molecule has 140 valence electrons. The van der Waals surface area contributed by atoms with Crippen LogP contribution < -0.4 is 9.46 Å². The maximum Gasteiger partial charge on any atom is 0.240 e. The number of aromatic nitrogens is 2. The van der Waals surface area contributed by atoms with Gasteiger partial charge in [-0.15, -0.1) is 0 Å². The summed E-state index contributed by atoms with van der Waals surface area (Å²) in [5.74, 6) is 0.547. The van der Waals surface area contributed by atoms with Gasteiger partial charge in [0.15, 0.2) is 0 Å². The van der Waals surface area contributed by atoms with E-state index in [1.807, 2.05) is 10.7 Å². The van der Waals surface area contributed by atoms with Crippen molar-refractivity contribution in [3.05, 3.63) is 60.0 Å². The van der Waals surface area contributed by atoms with E-state index >= 15 is 0 Å². The Morgan fingerprint density at radius 2 is 1.93 bits per heavy atom. The van der Waals surface area contributed by atoms with E-state index in [9.17, 15) is 12.8 Å². The number of sulfonamides is 1. The van der Waals surface area contributed by atoms with Gasteiger partial charge < -0.3 is 4.74 Å². The molecule has 0 amide bonds. The van der Waals surface area contributed by atoms with Gasteiger partial charge in [-0.1, -0.05) is 0 Å². The first-order valence-electron chi connectivity index (χ1n) is 8.54. The summed E-state index contributed by atoms with van der Waals surface area (Å²) in [4.78, 5) is 0.125. The highest BCUT2D eigenvalue weighted by Crippen LogP contribution is 2.36. The Hall–Kier alpha value is -2.71. The molecular formula is C19H18FN3O3S. The Morgan fingerprint density at radius 1 is 1.15 bits per heavy atom. The lowest BCUT2D eigenvalue weighted by atomic mass is 10.1. The van der Waals surface area contributed by atoms with Crippen molar-refractivity contribution >= 4 is 10.0 Å². The van der Waals surface area contributed by atoms with Crippen LogP contribution in [0.1, 0.15) is 12.1 Å². The van der Waals surface area contributed by atoms with Crippen LogP contribution >= 0.6 is 0 Å². The van der Waals surface area contributed by atoms with Gasteiger partial charge in [0.1, 0.15) is 17.3 Å². The summed E-state index contributed by atoms with van der Waals surface area (Å²) in [6, 6.07) is 12.2. The number of nitrogens with one attached hydrogen (secondary N) is 1. The number of nitrogens with zero attached hydrogens (tertiary/aromatic N) is 2. The van der Waals surface area contributed by atoms with E-state index in [4.69, 9.17) is 4.74 Å². The molecule has 2 heterocycles. The first-order chi connectivity index (χ1) is 13.0. The van der Waals surface area contributed by atoms with Crippen LogP contribution in [0, 0.1) is 5.82 Å². The third-order valence-electron chi connectivity index (χ3n) is 4.51. The normalized spacial score (nSPS) is 13.6. The number of hydrogen-bond acceptors (Lipinski definition) is 4. The molecule has 3 aromatic rings. The van der Waals surface area contributed by atoms with Crippen LogP contribution in [0.5, 0.6) is 11.5 Å². The highest BCUT2D eigenvalue weighted by molar-refractivity contribution is 7.89. The van der Waals surface area contributed by atoms with Gasteiger partial charge in [0.25, 0.3) is 0 Å². The lowest BCUT2D eigenvalue weighted by Crippen LogP contribution is -2.18. The van der Waals surface area contributed by atoms with E-state index in [2.05, 4.69) is 9.82 Å². The Balaban J connectivity index is 1.80. The molecule has 27 heavy (non-hydrogen) atoms. The predicted molar refractivity (Wildman–Crippen MR) is 98.7 cm³/mol.